The molecule has 5 heteroatoms. The van der Waals surface area contributed by atoms with Crippen LogP contribution in [-0.4, -0.2) is 42.9 Å². The first-order valence-corrected chi connectivity index (χ1v) is 9.21. The van der Waals surface area contributed by atoms with Gasteiger partial charge in [0.1, 0.15) is 0 Å². The highest BCUT2D eigenvalue weighted by molar-refractivity contribution is 6.04. The second-order valence-electron chi connectivity index (χ2n) is 6.95. The lowest BCUT2D eigenvalue weighted by molar-refractivity contribution is -0.132. The number of anilines is 2. The minimum Gasteiger partial charge on any atom is -0.368 e. The maximum absolute atomic E-state index is 12.2. The Hall–Kier alpha value is -2.82. The molecule has 2 aromatic rings. The number of rotatable bonds is 4. The zero-order valence-corrected chi connectivity index (χ0v) is 14.7. The molecule has 0 spiro atoms. The van der Waals surface area contributed by atoms with Crippen molar-refractivity contribution in [3.8, 4) is 0 Å². The third kappa shape index (κ3) is 3.72. The van der Waals surface area contributed by atoms with Crippen molar-refractivity contribution in [1.82, 2.24) is 4.90 Å². The van der Waals surface area contributed by atoms with E-state index in [0.717, 1.165) is 50.4 Å². The third-order valence-electron chi connectivity index (χ3n) is 5.04. The summed E-state index contributed by atoms with van der Waals surface area (Å²) in [6, 6.07) is 17.1. The first-order valence-electron chi connectivity index (χ1n) is 9.21. The minimum atomic E-state index is -0.106. The van der Waals surface area contributed by atoms with Gasteiger partial charge in [-0.25, -0.2) is 0 Å². The number of piperazine rings is 1. The Morgan fingerprint density at radius 3 is 2.12 bits per heavy atom. The summed E-state index contributed by atoms with van der Waals surface area (Å²) in [4.78, 5) is 28.6. The number of amides is 2. The molecule has 2 aromatic carbocycles. The highest BCUT2D eigenvalue weighted by Gasteiger charge is 2.34. The van der Waals surface area contributed by atoms with Gasteiger partial charge in [0.15, 0.2) is 0 Å². The van der Waals surface area contributed by atoms with Crippen LogP contribution in [0.25, 0.3) is 0 Å². The average Bonchev–Trinajstić information content (AvgIpc) is 3.54. The highest BCUT2D eigenvalue weighted by Crippen LogP contribution is 2.31. The molecule has 26 heavy (non-hydrogen) atoms. The van der Waals surface area contributed by atoms with Gasteiger partial charge in [-0.15, -0.1) is 0 Å². The Morgan fingerprint density at radius 1 is 0.846 bits per heavy atom. The van der Waals surface area contributed by atoms with Crippen molar-refractivity contribution in [2.45, 2.75) is 12.8 Å². The normalized spacial score (nSPS) is 17.1. The maximum atomic E-state index is 12.2. The first-order chi connectivity index (χ1) is 12.7. The van der Waals surface area contributed by atoms with Gasteiger partial charge in [-0.3, -0.25) is 9.59 Å². The highest BCUT2D eigenvalue weighted by atomic mass is 16.2. The van der Waals surface area contributed by atoms with Crippen LogP contribution in [0.2, 0.25) is 0 Å². The molecule has 1 saturated heterocycles. The molecule has 0 bridgehead atoms. The Balaban J connectivity index is 1.33. The third-order valence-corrected chi connectivity index (χ3v) is 5.04. The van der Waals surface area contributed by atoms with Crippen molar-refractivity contribution >= 4 is 23.2 Å². The number of carbonyl (C=O) groups excluding carboxylic acids is 2. The molecule has 0 atom stereocenters. The summed E-state index contributed by atoms with van der Waals surface area (Å²) in [5, 5.41) is 2.92. The fourth-order valence-corrected chi connectivity index (χ4v) is 3.32. The monoisotopic (exact) mass is 349 g/mol. The van der Waals surface area contributed by atoms with E-state index >= 15 is 0 Å². The van der Waals surface area contributed by atoms with Crippen LogP contribution in [0.1, 0.15) is 23.2 Å². The van der Waals surface area contributed by atoms with Crippen molar-refractivity contribution in [1.29, 1.82) is 0 Å². The molecule has 134 valence electrons. The standard InChI is InChI=1S/C21H23N3O2/c25-20(16-4-2-1-3-5-16)22-18-8-10-19(11-9-18)23-12-14-24(15-13-23)21(26)17-6-7-17/h1-5,8-11,17H,6-7,12-15H2,(H,22,25). The van der Waals surface area contributed by atoms with Crippen LogP contribution >= 0.6 is 0 Å². The molecule has 1 saturated carbocycles. The molecule has 5 nitrogen and oxygen atoms in total. The number of benzene rings is 2. The zero-order valence-electron chi connectivity index (χ0n) is 14.7. The maximum Gasteiger partial charge on any atom is 0.255 e. The fraction of sp³-hybridized carbons (Fsp3) is 0.333. The smallest absolute Gasteiger partial charge is 0.255 e. The molecule has 4 rings (SSSR count). The molecule has 2 fully saturated rings. The predicted octanol–water partition coefficient (Wildman–Crippen LogP) is 3.00. The number of hydrogen-bond acceptors (Lipinski definition) is 3. The molecule has 0 unspecified atom stereocenters. The van der Waals surface area contributed by atoms with E-state index in [0.29, 0.717) is 17.4 Å². The summed E-state index contributed by atoms with van der Waals surface area (Å²) >= 11 is 0. The van der Waals surface area contributed by atoms with E-state index in [1.54, 1.807) is 12.1 Å². The predicted molar refractivity (Wildman–Crippen MR) is 102 cm³/mol. The van der Waals surface area contributed by atoms with E-state index in [2.05, 4.69) is 10.2 Å². The van der Waals surface area contributed by atoms with Crippen LogP contribution in [0.15, 0.2) is 54.6 Å². The van der Waals surface area contributed by atoms with E-state index < -0.39 is 0 Å². The molecular formula is C21H23N3O2. The minimum absolute atomic E-state index is 0.106. The average molecular weight is 349 g/mol. The van der Waals surface area contributed by atoms with E-state index in [-0.39, 0.29) is 5.91 Å². The van der Waals surface area contributed by atoms with Crippen LogP contribution in [-0.2, 0) is 4.79 Å². The molecule has 1 N–H and O–H groups in total. The van der Waals surface area contributed by atoms with E-state index in [4.69, 9.17) is 0 Å². The summed E-state index contributed by atoms with van der Waals surface area (Å²) in [5.41, 5.74) is 2.56. The van der Waals surface area contributed by atoms with Gasteiger partial charge in [0.05, 0.1) is 0 Å². The van der Waals surface area contributed by atoms with Gasteiger partial charge in [-0.1, -0.05) is 18.2 Å². The summed E-state index contributed by atoms with van der Waals surface area (Å²) < 4.78 is 0. The Bertz CT molecular complexity index is 777. The van der Waals surface area contributed by atoms with Crippen molar-refractivity contribution in [2.75, 3.05) is 36.4 Å². The van der Waals surface area contributed by atoms with Gasteiger partial charge < -0.3 is 15.1 Å². The second kappa shape index (κ2) is 7.20. The summed E-state index contributed by atoms with van der Waals surface area (Å²) in [6.07, 6.45) is 2.13. The van der Waals surface area contributed by atoms with Gasteiger partial charge in [0, 0.05) is 49.0 Å². The molecule has 0 radical (unpaired) electrons. The Morgan fingerprint density at radius 2 is 1.50 bits per heavy atom. The van der Waals surface area contributed by atoms with E-state index in [1.807, 2.05) is 47.4 Å². The summed E-state index contributed by atoms with van der Waals surface area (Å²) in [6.45, 7) is 3.30. The van der Waals surface area contributed by atoms with Crippen LogP contribution in [0.5, 0.6) is 0 Å². The lowest BCUT2D eigenvalue weighted by atomic mass is 10.2. The van der Waals surface area contributed by atoms with E-state index in [1.165, 1.54) is 0 Å². The van der Waals surface area contributed by atoms with Gasteiger partial charge in [-0.2, -0.15) is 0 Å². The molecule has 0 aromatic heterocycles. The first kappa shape index (κ1) is 16.6. The van der Waals surface area contributed by atoms with Gasteiger partial charge in [-0.05, 0) is 49.2 Å². The molecule has 1 aliphatic heterocycles. The van der Waals surface area contributed by atoms with Gasteiger partial charge in [0.25, 0.3) is 5.91 Å². The Labute approximate surface area is 153 Å². The number of hydrogen-bond donors (Lipinski definition) is 1. The summed E-state index contributed by atoms with van der Waals surface area (Å²) in [7, 11) is 0. The van der Waals surface area contributed by atoms with Crippen molar-refractivity contribution in [2.24, 2.45) is 5.92 Å². The van der Waals surface area contributed by atoms with Crippen LogP contribution in [0.4, 0.5) is 11.4 Å². The lowest BCUT2D eigenvalue weighted by Gasteiger charge is -2.36. The fourth-order valence-electron chi connectivity index (χ4n) is 3.32. The number of nitrogens with one attached hydrogen (secondary N) is 1. The molecular weight excluding hydrogens is 326 g/mol. The number of carbonyl (C=O) groups is 2. The van der Waals surface area contributed by atoms with E-state index in [9.17, 15) is 9.59 Å². The van der Waals surface area contributed by atoms with Crippen LogP contribution < -0.4 is 10.2 Å². The van der Waals surface area contributed by atoms with Crippen molar-refractivity contribution in [3.63, 3.8) is 0 Å². The molecule has 2 amide bonds. The largest absolute Gasteiger partial charge is 0.368 e. The molecule has 1 heterocycles. The summed E-state index contributed by atoms with van der Waals surface area (Å²) in [5.74, 6) is 0.531. The zero-order chi connectivity index (χ0) is 17.9. The van der Waals surface area contributed by atoms with Crippen LogP contribution in [0, 0.1) is 5.92 Å². The Kier molecular flexibility index (Phi) is 4.61. The second-order valence-corrected chi connectivity index (χ2v) is 6.95. The van der Waals surface area contributed by atoms with Crippen LogP contribution in [0.3, 0.4) is 0 Å². The van der Waals surface area contributed by atoms with Crippen molar-refractivity contribution < 1.29 is 9.59 Å². The number of nitrogens with zero attached hydrogens (tertiary/aromatic N) is 2. The molecule has 2 aliphatic rings. The lowest BCUT2D eigenvalue weighted by Crippen LogP contribution is -2.49. The van der Waals surface area contributed by atoms with Gasteiger partial charge >= 0.3 is 0 Å². The topological polar surface area (TPSA) is 52.7 Å². The SMILES string of the molecule is O=C(Nc1ccc(N2CCN(C(=O)C3CC3)CC2)cc1)c1ccccc1. The molecule has 1 aliphatic carbocycles. The quantitative estimate of drug-likeness (QED) is 0.923. The van der Waals surface area contributed by atoms with Crippen molar-refractivity contribution in [3.05, 3.63) is 60.2 Å². The van der Waals surface area contributed by atoms with Gasteiger partial charge in [0.2, 0.25) is 5.91 Å².